The second kappa shape index (κ2) is 10.9. The number of carbonyl (C=O) groups is 1. The van der Waals surface area contributed by atoms with Gasteiger partial charge in [0.25, 0.3) is 0 Å². The molecule has 4 rings (SSSR count). The number of nitrogens with zero attached hydrogens (tertiary/aromatic N) is 4. The first-order chi connectivity index (χ1) is 16.2. The lowest BCUT2D eigenvalue weighted by molar-refractivity contribution is -0.137. The highest BCUT2D eigenvalue weighted by molar-refractivity contribution is 6.03. The molecule has 7 nitrogen and oxygen atoms in total. The Morgan fingerprint density at radius 2 is 1.97 bits per heavy atom. The van der Waals surface area contributed by atoms with Crippen LogP contribution in [0.3, 0.4) is 0 Å². The molecular weight excluding hydrogens is 483 g/mol. The summed E-state index contributed by atoms with van der Waals surface area (Å²) in [5.74, 6) is 0.999. The Hall–Kier alpha value is -3.37. The highest BCUT2D eigenvalue weighted by Gasteiger charge is 2.31. The number of halogens is 4. The summed E-state index contributed by atoms with van der Waals surface area (Å²) < 4.78 is 44.7. The molecule has 1 aliphatic heterocycles. The maximum absolute atomic E-state index is 12.9. The fraction of sp³-hybridized carbons (Fsp3) is 0.292. The van der Waals surface area contributed by atoms with Crippen LogP contribution >= 0.6 is 12.4 Å². The van der Waals surface area contributed by atoms with E-state index in [-0.39, 0.29) is 18.1 Å². The molecule has 35 heavy (non-hydrogen) atoms. The van der Waals surface area contributed by atoms with Gasteiger partial charge in [0.05, 0.1) is 11.3 Å². The van der Waals surface area contributed by atoms with Crippen LogP contribution in [0.1, 0.15) is 23.7 Å². The fourth-order valence-electron chi connectivity index (χ4n) is 3.65. The molecule has 3 aromatic rings. The van der Waals surface area contributed by atoms with Crippen molar-refractivity contribution in [1.29, 1.82) is 0 Å². The number of aromatic nitrogens is 2. The molecule has 1 N–H and O–H groups in total. The van der Waals surface area contributed by atoms with E-state index in [1.807, 2.05) is 13.1 Å². The van der Waals surface area contributed by atoms with Crippen LogP contribution in [0.15, 0.2) is 54.9 Å². The predicted molar refractivity (Wildman–Crippen MR) is 129 cm³/mol. The molecule has 2 heterocycles. The third-order valence-electron chi connectivity index (χ3n) is 5.53. The lowest BCUT2D eigenvalue weighted by atomic mass is 10.1. The number of anilines is 2. The van der Waals surface area contributed by atoms with Gasteiger partial charge in [0.2, 0.25) is 5.88 Å². The van der Waals surface area contributed by atoms with Crippen LogP contribution in [0, 0.1) is 0 Å². The summed E-state index contributed by atoms with van der Waals surface area (Å²) in [5.41, 5.74) is 1.69. The van der Waals surface area contributed by atoms with Crippen LogP contribution in [-0.2, 0) is 19.1 Å². The van der Waals surface area contributed by atoms with Crippen molar-refractivity contribution in [3.8, 4) is 11.6 Å². The summed E-state index contributed by atoms with van der Waals surface area (Å²) in [6, 6.07) is 11.2. The topological polar surface area (TPSA) is 70.6 Å². The number of hydrogen-bond donors (Lipinski definition) is 1. The molecule has 0 bridgehead atoms. The molecule has 0 saturated carbocycles. The Morgan fingerprint density at radius 3 is 2.71 bits per heavy atom. The Balaban J connectivity index is 0.00000342. The van der Waals surface area contributed by atoms with Crippen LogP contribution in [0.25, 0.3) is 0 Å². The van der Waals surface area contributed by atoms with E-state index < -0.39 is 17.8 Å². The van der Waals surface area contributed by atoms with E-state index in [9.17, 15) is 18.0 Å². The van der Waals surface area contributed by atoms with Gasteiger partial charge in [0.1, 0.15) is 12.1 Å². The van der Waals surface area contributed by atoms with Gasteiger partial charge >= 0.3 is 12.2 Å². The summed E-state index contributed by atoms with van der Waals surface area (Å²) in [7, 11) is 2.00. The highest BCUT2D eigenvalue weighted by atomic mass is 35.5. The molecule has 1 aromatic heterocycles. The van der Waals surface area contributed by atoms with Gasteiger partial charge in [-0.1, -0.05) is 13.0 Å². The lowest BCUT2D eigenvalue weighted by Gasteiger charge is -2.19. The van der Waals surface area contributed by atoms with Crippen molar-refractivity contribution < 1.29 is 22.7 Å². The first-order valence-electron chi connectivity index (χ1n) is 10.8. The molecule has 0 aliphatic carbocycles. The van der Waals surface area contributed by atoms with Gasteiger partial charge in [-0.15, -0.1) is 12.4 Å². The molecular formula is C24H25ClF3N5O2. The minimum Gasteiger partial charge on any atom is -0.439 e. The number of carbonyl (C=O) groups excluding carboxylic acids is 1. The first-order valence-corrected chi connectivity index (χ1v) is 10.8. The van der Waals surface area contributed by atoms with E-state index in [1.165, 1.54) is 23.4 Å². The van der Waals surface area contributed by atoms with Gasteiger partial charge in [-0.25, -0.2) is 14.8 Å². The average molecular weight is 508 g/mol. The van der Waals surface area contributed by atoms with E-state index in [0.29, 0.717) is 36.8 Å². The Morgan fingerprint density at radius 1 is 1.17 bits per heavy atom. The monoisotopic (exact) mass is 507 g/mol. The number of hydrogen-bond acceptors (Lipinski definition) is 5. The zero-order valence-corrected chi connectivity index (χ0v) is 20.0. The molecule has 2 aromatic carbocycles. The van der Waals surface area contributed by atoms with Crippen LogP contribution in [-0.4, -0.2) is 41.0 Å². The van der Waals surface area contributed by atoms with Crippen LogP contribution in [0.2, 0.25) is 0 Å². The van der Waals surface area contributed by atoms with Crippen LogP contribution < -0.4 is 15.0 Å². The van der Waals surface area contributed by atoms with Crippen molar-refractivity contribution in [2.45, 2.75) is 26.1 Å². The molecule has 186 valence electrons. The SMILES string of the molecule is CCN(C)Cc1cc(Oc2ccc3c(c2)CCN3C(=O)Nc2cccc(C(F)(F)F)c2)ncn1.Cl. The van der Waals surface area contributed by atoms with E-state index in [0.717, 1.165) is 29.9 Å². The van der Waals surface area contributed by atoms with Crippen molar-refractivity contribution in [3.63, 3.8) is 0 Å². The Labute approximate surface area is 207 Å². The molecule has 0 saturated heterocycles. The molecule has 0 atom stereocenters. The van der Waals surface area contributed by atoms with Crippen molar-refractivity contribution in [1.82, 2.24) is 14.9 Å². The van der Waals surface area contributed by atoms with Gasteiger partial charge in [0.15, 0.2) is 0 Å². The number of urea groups is 1. The number of fused-ring (bicyclic) bond motifs is 1. The van der Waals surface area contributed by atoms with Gasteiger partial charge in [0, 0.05) is 30.5 Å². The number of ether oxygens (including phenoxy) is 1. The average Bonchev–Trinajstić information content (AvgIpc) is 3.22. The molecule has 11 heteroatoms. The zero-order chi connectivity index (χ0) is 24.3. The number of nitrogens with one attached hydrogen (secondary N) is 1. The highest BCUT2D eigenvalue weighted by Crippen LogP contribution is 2.34. The first kappa shape index (κ1) is 26.2. The third-order valence-corrected chi connectivity index (χ3v) is 5.53. The normalized spacial score (nSPS) is 12.8. The molecule has 2 amide bonds. The predicted octanol–water partition coefficient (Wildman–Crippen LogP) is 5.76. The van der Waals surface area contributed by atoms with Gasteiger partial charge in [-0.3, -0.25) is 4.90 Å². The smallest absolute Gasteiger partial charge is 0.416 e. The van der Waals surface area contributed by atoms with Crippen molar-refractivity contribution >= 4 is 29.8 Å². The molecule has 0 radical (unpaired) electrons. The maximum atomic E-state index is 12.9. The van der Waals surface area contributed by atoms with Crippen molar-refractivity contribution in [3.05, 3.63) is 71.7 Å². The third kappa shape index (κ3) is 6.40. The molecule has 0 fully saturated rings. The number of benzene rings is 2. The van der Waals surface area contributed by atoms with Crippen LogP contribution in [0.5, 0.6) is 11.6 Å². The minimum absolute atomic E-state index is 0. The lowest BCUT2D eigenvalue weighted by Crippen LogP contribution is -2.33. The summed E-state index contributed by atoms with van der Waals surface area (Å²) in [6.07, 6.45) is -2.42. The van der Waals surface area contributed by atoms with Gasteiger partial charge in [-0.05, 0) is 62.0 Å². The maximum Gasteiger partial charge on any atom is 0.416 e. The fourth-order valence-corrected chi connectivity index (χ4v) is 3.65. The van der Waals surface area contributed by atoms with Crippen molar-refractivity contribution in [2.75, 3.05) is 30.4 Å². The molecule has 0 unspecified atom stereocenters. The molecule has 1 aliphatic rings. The number of amides is 2. The van der Waals surface area contributed by atoms with Crippen molar-refractivity contribution in [2.24, 2.45) is 0 Å². The summed E-state index contributed by atoms with van der Waals surface area (Å²) in [6.45, 7) is 4.04. The second-order valence-electron chi connectivity index (χ2n) is 7.98. The van der Waals surface area contributed by atoms with E-state index in [2.05, 4.69) is 27.1 Å². The molecule has 0 spiro atoms. The Kier molecular flexibility index (Phi) is 8.18. The minimum atomic E-state index is -4.48. The van der Waals surface area contributed by atoms with E-state index in [1.54, 1.807) is 18.2 Å². The Bertz CT molecular complexity index is 1190. The summed E-state index contributed by atoms with van der Waals surface area (Å²) in [5, 5.41) is 2.55. The zero-order valence-electron chi connectivity index (χ0n) is 19.2. The second-order valence-corrected chi connectivity index (χ2v) is 7.98. The van der Waals surface area contributed by atoms with Gasteiger partial charge in [-0.2, -0.15) is 13.2 Å². The standard InChI is InChI=1S/C24H24F3N5O2.ClH/c1-3-31(2)14-19-13-22(29-15-28-19)34-20-7-8-21-16(11-20)9-10-32(21)23(33)30-18-6-4-5-17(12-18)24(25,26)27;/h4-8,11-13,15H,3,9-10,14H2,1-2H3,(H,30,33);1H. The van der Waals surface area contributed by atoms with Crippen LogP contribution in [0.4, 0.5) is 29.3 Å². The number of alkyl halides is 3. The van der Waals surface area contributed by atoms with Gasteiger partial charge < -0.3 is 15.0 Å². The van der Waals surface area contributed by atoms with E-state index in [4.69, 9.17) is 4.74 Å². The summed E-state index contributed by atoms with van der Waals surface area (Å²) in [4.78, 5) is 24.8. The largest absolute Gasteiger partial charge is 0.439 e. The van der Waals surface area contributed by atoms with E-state index >= 15 is 0 Å². The number of rotatable bonds is 6. The quantitative estimate of drug-likeness (QED) is 0.459. The summed E-state index contributed by atoms with van der Waals surface area (Å²) >= 11 is 0.